The molecule has 1 saturated carbocycles. The van der Waals surface area contributed by atoms with Crippen LogP contribution >= 0.6 is 0 Å². The summed E-state index contributed by atoms with van der Waals surface area (Å²) in [6.07, 6.45) is 3.17. The minimum absolute atomic E-state index is 0.00267. The van der Waals surface area contributed by atoms with Crippen LogP contribution in [0.2, 0.25) is 0 Å². The summed E-state index contributed by atoms with van der Waals surface area (Å²) in [5.41, 5.74) is 4.77. The number of nitrogens with one attached hydrogen (secondary N) is 2. The summed E-state index contributed by atoms with van der Waals surface area (Å²) < 4.78 is 0. The minimum Gasteiger partial charge on any atom is -0.481 e. The number of urea groups is 1. The van der Waals surface area contributed by atoms with Crippen LogP contribution in [-0.4, -0.2) is 35.7 Å². The van der Waals surface area contributed by atoms with Gasteiger partial charge in [-0.3, -0.25) is 4.79 Å². The van der Waals surface area contributed by atoms with Crippen molar-refractivity contribution in [3.05, 3.63) is 0 Å². The van der Waals surface area contributed by atoms with Gasteiger partial charge in [0.15, 0.2) is 0 Å². The summed E-state index contributed by atoms with van der Waals surface area (Å²) in [5, 5.41) is 14.2. The largest absolute Gasteiger partial charge is 0.481 e. The normalized spacial score (nSPS) is 17.3. The van der Waals surface area contributed by atoms with Crippen molar-refractivity contribution < 1.29 is 14.7 Å². The van der Waals surface area contributed by atoms with E-state index in [1.165, 1.54) is 0 Å². The molecule has 0 radical (unpaired) electrons. The van der Waals surface area contributed by atoms with Crippen LogP contribution in [-0.2, 0) is 4.79 Å². The predicted octanol–water partition coefficient (Wildman–Crippen LogP) is 0.0318. The van der Waals surface area contributed by atoms with Gasteiger partial charge in [-0.1, -0.05) is 0 Å². The van der Waals surface area contributed by atoms with Crippen molar-refractivity contribution in [1.82, 2.24) is 10.6 Å². The number of carbonyl (C=O) groups excluding carboxylic acids is 1. The summed E-state index contributed by atoms with van der Waals surface area (Å²) in [7, 11) is 0. The first-order valence-electron chi connectivity index (χ1n) is 5.56. The van der Waals surface area contributed by atoms with Gasteiger partial charge < -0.3 is 21.5 Å². The molecule has 0 atom stereocenters. The van der Waals surface area contributed by atoms with E-state index in [0.29, 0.717) is 13.1 Å². The molecule has 2 amide bonds. The molecular weight excluding hydrogens is 210 g/mol. The molecule has 0 spiro atoms. The quantitative estimate of drug-likeness (QED) is 0.482. The summed E-state index contributed by atoms with van der Waals surface area (Å²) in [5.74, 6) is -0.873. The second-order valence-electron chi connectivity index (χ2n) is 4.23. The zero-order chi connectivity index (χ0) is 12.0. The molecule has 0 heterocycles. The van der Waals surface area contributed by atoms with Gasteiger partial charge in [-0.2, -0.15) is 0 Å². The van der Waals surface area contributed by atoms with Crippen LogP contribution < -0.4 is 16.4 Å². The maximum Gasteiger partial charge on any atom is 0.315 e. The molecule has 1 aliphatic carbocycles. The van der Waals surface area contributed by atoms with Crippen LogP contribution in [0.4, 0.5) is 4.79 Å². The molecule has 0 aliphatic heterocycles. The number of aliphatic carboxylic acids is 1. The molecule has 0 aromatic rings. The Morgan fingerprint density at radius 3 is 2.50 bits per heavy atom. The summed E-state index contributed by atoms with van der Waals surface area (Å²) >= 11 is 0. The lowest BCUT2D eigenvalue weighted by Gasteiger charge is -2.41. The lowest BCUT2D eigenvalue weighted by molar-refractivity contribution is -0.139. The van der Waals surface area contributed by atoms with Crippen molar-refractivity contribution in [1.29, 1.82) is 0 Å². The molecule has 0 aromatic heterocycles. The molecular formula is C10H19N3O3. The molecule has 0 saturated heterocycles. The fourth-order valence-corrected chi connectivity index (χ4v) is 1.83. The molecule has 6 nitrogen and oxygen atoms in total. The first-order chi connectivity index (χ1) is 7.58. The second-order valence-corrected chi connectivity index (χ2v) is 4.23. The van der Waals surface area contributed by atoms with E-state index < -0.39 is 11.5 Å². The van der Waals surface area contributed by atoms with E-state index >= 15 is 0 Å². The summed E-state index contributed by atoms with van der Waals surface area (Å²) in [6, 6.07) is -0.297. The van der Waals surface area contributed by atoms with Crippen LogP contribution in [0.1, 0.15) is 32.1 Å². The van der Waals surface area contributed by atoms with Crippen LogP contribution in [0.25, 0.3) is 0 Å². The number of carbonyl (C=O) groups is 2. The van der Waals surface area contributed by atoms with Crippen molar-refractivity contribution in [3.8, 4) is 0 Å². The van der Waals surface area contributed by atoms with Gasteiger partial charge in [-0.25, -0.2) is 4.79 Å². The Labute approximate surface area is 94.6 Å². The van der Waals surface area contributed by atoms with Gasteiger partial charge in [-0.15, -0.1) is 0 Å². The van der Waals surface area contributed by atoms with E-state index in [1.54, 1.807) is 0 Å². The first kappa shape index (κ1) is 12.8. The van der Waals surface area contributed by atoms with Gasteiger partial charge in [0.1, 0.15) is 0 Å². The monoisotopic (exact) mass is 229 g/mol. The SMILES string of the molecule is NCCCNC(=O)NC1(CC(=O)O)CCC1. The third-order valence-corrected chi connectivity index (χ3v) is 2.85. The Bertz CT molecular complexity index is 264. The second kappa shape index (κ2) is 5.69. The highest BCUT2D eigenvalue weighted by Crippen LogP contribution is 2.34. The van der Waals surface area contributed by atoms with Crippen molar-refractivity contribution in [2.24, 2.45) is 5.73 Å². The predicted molar refractivity (Wildman–Crippen MR) is 59.0 cm³/mol. The molecule has 1 rings (SSSR count). The number of nitrogens with two attached hydrogens (primary N) is 1. The minimum atomic E-state index is -0.873. The van der Waals surface area contributed by atoms with Gasteiger partial charge >= 0.3 is 12.0 Å². The lowest BCUT2D eigenvalue weighted by atomic mass is 9.74. The molecule has 5 N–H and O–H groups in total. The summed E-state index contributed by atoms with van der Waals surface area (Å²) in [6.45, 7) is 1.05. The molecule has 0 unspecified atom stereocenters. The zero-order valence-electron chi connectivity index (χ0n) is 9.29. The molecule has 0 bridgehead atoms. The first-order valence-corrected chi connectivity index (χ1v) is 5.56. The molecule has 92 valence electrons. The van der Waals surface area contributed by atoms with Crippen molar-refractivity contribution in [2.45, 2.75) is 37.6 Å². The molecule has 16 heavy (non-hydrogen) atoms. The Kier molecular flexibility index (Phi) is 4.54. The highest BCUT2D eigenvalue weighted by atomic mass is 16.4. The maximum atomic E-state index is 11.5. The topological polar surface area (TPSA) is 104 Å². The van der Waals surface area contributed by atoms with E-state index in [4.69, 9.17) is 10.8 Å². The average Bonchev–Trinajstić information content (AvgIpc) is 2.14. The van der Waals surface area contributed by atoms with E-state index in [-0.39, 0.29) is 12.5 Å². The van der Waals surface area contributed by atoms with Gasteiger partial charge in [0, 0.05) is 6.54 Å². The molecule has 6 heteroatoms. The standard InChI is InChI=1S/C10H19N3O3/c11-5-2-6-12-9(16)13-10(3-1-4-10)7-8(14)15/h1-7,11H2,(H,14,15)(H2,12,13,16). The fourth-order valence-electron chi connectivity index (χ4n) is 1.83. The van der Waals surface area contributed by atoms with E-state index in [9.17, 15) is 9.59 Å². The third kappa shape index (κ3) is 3.69. The fraction of sp³-hybridized carbons (Fsp3) is 0.800. The zero-order valence-corrected chi connectivity index (χ0v) is 9.29. The number of rotatable bonds is 6. The van der Waals surface area contributed by atoms with E-state index in [1.807, 2.05) is 0 Å². The van der Waals surface area contributed by atoms with Crippen molar-refractivity contribution in [3.63, 3.8) is 0 Å². The van der Waals surface area contributed by atoms with Crippen molar-refractivity contribution >= 4 is 12.0 Å². The van der Waals surface area contributed by atoms with Gasteiger partial charge in [-0.05, 0) is 32.2 Å². The van der Waals surface area contributed by atoms with Crippen LogP contribution in [0, 0.1) is 0 Å². The van der Waals surface area contributed by atoms with Gasteiger partial charge in [0.05, 0.1) is 12.0 Å². The van der Waals surface area contributed by atoms with Gasteiger partial charge in [0.2, 0.25) is 0 Å². The maximum absolute atomic E-state index is 11.5. The lowest BCUT2D eigenvalue weighted by Crippen LogP contribution is -2.57. The molecule has 1 fully saturated rings. The highest BCUT2D eigenvalue weighted by Gasteiger charge is 2.40. The number of hydrogen-bond acceptors (Lipinski definition) is 3. The van der Waals surface area contributed by atoms with Crippen molar-refractivity contribution in [2.75, 3.05) is 13.1 Å². The summed E-state index contributed by atoms with van der Waals surface area (Å²) in [4.78, 5) is 22.1. The molecule has 1 aliphatic rings. The van der Waals surface area contributed by atoms with E-state index in [2.05, 4.69) is 10.6 Å². The Morgan fingerprint density at radius 1 is 1.38 bits per heavy atom. The van der Waals surface area contributed by atoms with Crippen LogP contribution in [0.5, 0.6) is 0 Å². The Balaban J connectivity index is 2.32. The smallest absolute Gasteiger partial charge is 0.315 e. The average molecular weight is 229 g/mol. The highest BCUT2D eigenvalue weighted by molar-refractivity contribution is 5.77. The number of hydrogen-bond donors (Lipinski definition) is 4. The number of carboxylic acids is 1. The number of carboxylic acid groups (broad SMARTS) is 1. The Morgan fingerprint density at radius 2 is 2.06 bits per heavy atom. The Hall–Kier alpha value is -1.30. The van der Waals surface area contributed by atoms with Gasteiger partial charge in [0.25, 0.3) is 0 Å². The molecule has 0 aromatic carbocycles. The van der Waals surface area contributed by atoms with Crippen LogP contribution in [0.3, 0.4) is 0 Å². The van der Waals surface area contributed by atoms with Crippen LogP contribution in [0.15, 0.2) is 0 Å². The number of amides is 2. The van der Waals surface area contributed by atoms with E-state index in [0.717, 1.165) is 25.7 Å². The third-order valence-electron chi connectivity index (χ3n) is 2.85.